The summed E-state index contributed by atoms with van der Waals surface area (Å²) in [4.78, 5) is 37.7. The maximum absolute atomic E-state index is 14.7. The van der Waals surface area contributed by atoms with Gasteiger partial charge in [-0.05, 0) is 32.9 Å². The molecular weight excluding hydrogens is 440 g/mol. The molecule has 3 aromatic rings. The van der Waals surface area contributed by atoms with E-state index in [9.17, 15) is 33.6 Å². The second-order valence-electron chi connectivity index (χ2n) is 8.38. The Labute approximate surface area is 185 Å². The Morgan fingerprint density at radius 1 is 1.27 bits per heavy atom. The number of carboxylic acid groups (broad SMARTS) is 1. The van der Waals surface area contributed by atoms with E-state index in [0.29, 0.717) is 12.7 Å². The number of benzene rings is 2. The molecule has 0 radical (unpaired) electrons. The number of nitro groups is 1. The fraction of sp³-hybridized carbons (Fsp3) is 0.273. The van der Waals surface area contributed by atoms with Gasteiger partial charge in [-0.1, -0.05) is 0 Å². The molecule has 0 bridgehead atoms. The zero-order valence-corrected chi connectivity index (χ0v) is 17.9. The molecule has 0 atom stereocenters. The van der Waals surface area contributed by atoms with Crippen molar-refractivity contribution in [3.8, 4) is 5.69 Å². The van der Waals surface area contributed by atoms with Crippen LogP contribution >= 0.6 is 0 Å². The van der Waals surface area contributed by atoms with Gasteiger partial charge in [0.15, 0.2) is 0 Å². The molecule has 172 valence electrons. The fourth-order valence-electron chi connectivity index (χ4n) is 4.17. The molecule has 9 nitrogen and oxygen atoms in total. The molecule has 0 amide bonds. The van der Waals surface area contributed by atoms with Crippen LogP contribution in [0.4, 0.5) is 20.2 Å². The molecule has 1 aromatic heterocycles. The minimum absolute atomic E-state index is 0.0442. The minimum Gasteiger partial charge on any atom is -0.477 e. The Bertz CT molecular complexity index is 1400. The molecule has 33 heavy (non-hydrogen) atoms. The second-order valence-corrected chi connectivity index (χ2v) is 8.38. The van der Waals surface area contributed by atoms with Crippen molar-refractivity contribution < 1.29 is 28.3 Å². The largest absolute Gasteiger partial charge is 0.477 e. The fourth-order valence-corrected chi connectivity index (χ4v) is 4.17. The number of carbonyl (C=O) groups is 1. The lowest BCUT2D eigenvalue weighted by atomic mass is 9.99. The summed E-state index contributed by atoms with van der Waals surface area (Å²) in [6.45, 7) is 5.51. The summed E-state index contributed by atoms with van der Waals surface area (Å²) >= 11 is 0. The first kappa shape index (κ1) is 22.3. The van der Waals surface area contributed by atoms with Crippen molar-refractivity contribution in [3.63, 3.8) is 0 Å². The molecular formula is C22H19F2N3O6. The second kappa shape index (κ2) is 7.62. The number of anilines is 1. The van der Waals surface area contributed by atoms with Crippen molar-refractivity contribution in [3.05, 3.63) is 73.6 Å². The lowest BCUT2D eigenvalue weighted by molar-refractivity contribution is -0.384. The molecule has 11 heteroatoms. The van der Waals surface area contributed by atoms with Crippen LogP contribution in [-0.2, 0) is 4.74 Å². The van der Waals surface area contributed by atoms with Crippen LogP contribution in [0, 0.1) is 28.7 Å². The smallest absolute Gasteiger partial charge is 0.341 e. The van der Waals surface area contributed by atoms with Gasteiger partial charge in [-0.3, -0.25) is 14.9 Å². The predicted molar refractivity (Wildman–Crippen MR) is 115 cm³/mol. The van der Waals surface area contributed by atoms with E-state index in [1.807, 2.05) is 13.8 Å². The first-order chi connectivity index (χ1) is 15.4. The Hall–Kier alpha value is -3.86. The van der Waals surface area contributed by atoms with Crippen LogP contribution in [0.3, 0.4) is 0 Å². The van der Waals surface area contributed by atoms with Gasteiger partial charge in [0.05, 0.1) is 33.7 Å². The normalized spacial score (nSPS) is 15.2. The number of hydrogen-bond donors (Lipinski definition) is 1. The van der Waals surface area contributed by atoms with E-state index < -0.39 is 44.7 Å². The standard InChI is InChI=1S/C22H19F2N3O6/c1-11-18-13(7-17(27(31)32)19(11)26-10-33-9-22(26,2)3)20(28)14(21(29)30)8-25(18)16-5-4-12(23)6-15(16)24/h4-8H,9-10H2,1-3H3,(H,29,30). The molecule has 0 spiro atoms. The number of pyridine rings is 1. The molecule has 2 aromatic carbocycles. The number of aryl methyl sites for hydroxylation is 1. The number of aromatic nitrogens is 1. The zero-order chi connectivity index (χ0) is 24.2. The summed E-state index contributed by atoms with van der Waals surface area (Å²) in [5, 5.41) is 21.2. The number of ether oxygens (including phenoxy) is 1. The molecule has 0 unspecified atom stereocenters. The number of halogens is 2. The van der Waals surface area contributed by atoms with E-state index in [2.05, 4.69) is 0 Å². The lowest BCUT2D eigenvalue weighted by Gasteiger charge is -2.32. The van der Waals surface area contributed by atoms with Crippen LogP contribution in [0.15, 0.2) is 35.3 Å². The molecule has 1 aliphatic heterocycles. The maximum atomic E-state index is 14.7. The number of carboxylic acids is 1. The van der Waals surface area contributed by atoms with E-state index in [0.717, 1.165) is 29.0 Å². The van der Waals surface area contributed by atoms with Gasteiger partial charge in [0, 0.05) is 23.9 Å². The van der Waals surface area contributed by atoms with Crippen LogP contribution in [-0.4, -0.2) is 39.4 Å². The van der Waals surface area contributed by atoms with E-state index in [1.165, 1.54) is 6.92 Å². The highest BCUT2D eigenvalue weighted by molar-refractivity contribution is 5.98. The average Bonchev–Trinajstić information content (AvgIpc) is 3.07. The van der Waals surface area contributed by atoms with Crippen molar-refractivity contribution >= 4 is 28.2 Å². The van der Waals surface area contributed by atoms with Crippen molar-refractivity contribution in [2.24, 2.45) is 0 Å². The van der Waals surface area contributed by atoms with Gasteiger partial charge >= 0.3 is 5.97 Å². The van der Waals surface area contributed by atoms with Gasteiger partial charge in [0.2, 0.25) is 5.43 Å². The monoisotopic (exact) mass is 459 g/mol. The SMILES string of the molecule is Cc1c(N2COCC2(C)C)c([N+](=O)[O-])cc2c(=O)c(C(=O)O)cn(-c3ccc(F)cc3F)c12. The van der Waals surface area contributed by atoms with E-state index in [-0.39, 0.29) is 34.6 Å². The molecule has 1 saturated heterocycles. The molecule has 2 heterocycles. The molecule has 1 aliphatic rings. The third-order valence-electron chi connectivity index (χ3n) is 5.75. The highest BCUT2D eigenvalue weighted by Gasteiger charge is 2.39. The summed E-state index contributed by atoms with van der Waals surface area (Å²) in [6, 6.07) is 3.71. The Balaban J connectivity index is 2.21. The summed E-state index contributed by atoms with van der Waals surface area (Å²) in [5.74, 6) is -3.43. The van der Waals surface area contributed by atoms with Crippen LogP contribution in [0.2, 0.25) is 0 Å². The van der Waals surface area contributed by atoms with Crippen molar-refractivity contribution in [1.29, 1.82) is 0 Å². The quantitative estimate of drug-likeness (QED) is 0.467. The van der Waals surface area contributed by atoms with Gasteiger partial charge in [-0.15, -0.1) is 0 Å². The number of nitro benzene ring substituents is 1. The van der Waals surface area contributed by atoms with Gasteiger partial charge in [-0.2, -0.15) is 0 Å². The molecule has 1 fully saturated rings. The highest BCUT2D eigenvalue weighted by Crippen LogP contribution is 2.42. The topological polar surface area (TPSA) is 115 Å². The van der Waals surface area contributed by atoms with Crippen LogP contribution in [0.25, 0.3) is 16.6 Å². The van der Waals surface area contributed by atoms with Crippen LogP contribution in [0.1, 0.15) is 29.8 Å². The van der Waals surface area contributed by atoms with Crippen molar-refractivity contribution in [2.45, 2.75) is 26.3 Å². The van der Waals surface area contributed by atoms with Crippen LogP contribution in [0.5, 0.6) is 0 Å². The summed E-state index contributed by atoms with van der Waals surface area (Å²) in [7, 11) is 0. The van der Waals surface area contributed by atoms with Crippen molar-refractivity contribution in [1.82, 2.24) is 4.57 Å². The number of hydrogen-bond acceptors (Lipinski definition) is 6. The molecule has 0 aliphatic carbocycles. The number of aromatic carboxylic acids is 1. The molecule has 0 saturated carbocycles. The molecule has 1 N–H and O–H groups in total. The third-order valence-corrected chi connectivity index (χ3v) is 5.75. The predicted octanol–water partition coefficient (Wildman–Crippen LogP) is 3.76. The Morgan fingerprint density at radius 3 is 2.52 bits per heavy atom. The number of nitrogens with zero attached hydrogens (tertiary/aromatic N) is 3. The van der Waals surface area contributed by atoms with E-state index >= 15 is 0 Å². The van der Waals surface area contributed by atoms with Crippen LogP contribution < -0.4 is 10.3 Å². The number of rotatable bonds is 4. The van der Waals surface area contributed by atoms with E-state index in [1.54, 1.807) is 4.90 Å². The average molecular weight is 459 g/mol. The van der Waals surface area contributed by atoms with Gasteiger partial charge in [0.25, 0.3) is 5.69 Å². The summed E-state index contributed by atoms with van der Waals surface area (Å²) in [5.41, 5.74) is -2.45. The first-order valence-corrected chi connectivity index (χ1v) is 9.85. The maximum Gasteiger partial charge on any atom is 0.341 e. The van der Waals surface area contributed by atoms with Crippen molar-refractivity contribution in [2.75, 3.05) is 18.2 Å². The van der Waals surface area contributed by atoms with E-state index in [4.69, 9.17) is 4.74 Å². The highest BCUT2D eigenvalue weighted by atomic mass is 19.1. The summed E-state index contributed by atoms with van der Waals surface area (Å²) < 4.78 is 34.9. The zero-order valence-electron chi connectivity index (χ0n) is 17.9. The van der Waals surface area contributed by atoms with Gasteiger partial charge in [0.1, 0.15) is 29.6 Å². The van der Waals surface area contributed by atoms with Gasteiger partial charge in [-0.25, -0.2) is 13.6 Å². The lowest BCUT2D eigenvalue weighted by Crippen LogP contribution is -2.41. The summed E-state index contributed by atoms with van der Waals surface area (Å²) in [6.07, 6.45) is 0.942. The van der Waals surface area contributed by atoms with Gasteiger partial charge < -0.3 is 19.3 Å². The third kappa shape index (κ3) is 3.50. The Kier molecular flexibility index (Phi) is 5.16. The molecule has 4 rings (SSSR count). The first-order valence-electron chi connectivity index (χ1n) is 9.85. The Morgan fingerprint density at radius 2 is 1.97 bits per heavy atom. The minimum atomic E-state index is -1.59. The number of fused-ring (bicyclic) bond motifs is 1.